The van der Waals surface area contributed by atoms with Crippen LogP contribution in [0.4, 0.5) is 5.88 Å². The molecular formula is C13H21NO2. The second-order valence-electron chi connectivity index (χ2n) is 4.02. The molecule has 0 aliphatic rings. The highest BCUT2D eigenvalue weighted by atomic mass is 16.4. The highest BCUT2D eigenvalue weighted by Gasteiger charge is 2.13. The molecule has 0 aliphatic carbocycles. The van der Waals surface area contributed by atoms with E-state index >= 15 is 0 Å². The first-order valence-corrected chi connectivity index (χ1v) is 6.05. The first kappa shape index (κ1) is 12.8. The Morgan fingerprint density at radius 3 is 2.44 bits per heavy atom. The van der Waals surface area contributed by atoms with Gasteiger partial charge in [-0.2, -0.15) is 0 Å². The van der Waals surface area contributed by atoms with E-state index in [1.807, 2.05) is 6.07 Å². The van der Waals surface area contributed by atoms with Crippen molar-refractivity contribution in [3.05, 3.63) is 17.9 Å². The summed E-state index contributed by atoms with van der Waals surface area (Å²) >= 11 is 0. The molecule has 0 saturated heterocycles. The van der Waals surface area contributed by atoms with Crippen LogP contribution in [0.25, 0.3) is 0 Å². The molecule has 16 heavy (non-hydrogen) atoms. The summed E-state index contributed by atoms with van der Waals surface area (Å²) < 4.78 is 5.43. The van der Waals surface area contributed by atoms with E-state index in [0.29, 0.717) is 11.7 Å². The number of carbonyl (C=O) groups excluding carboxylic acids is 1. The standard InChI is InChI=1S/C13H21NO2/c1-4-11(5-2)9-14(6-3)13-8-7-12(10-15)16-13/h7-8,10-11H,4-6,9H2,1-3H3. The van der Waals surface area contributed by atoms with Gasteiger partial charge in [-0.1, -0.05) is 26.7 Å². The first-order valence-electron chi connectivity index (χ1n) is 6.05. The van der Waals surface area contributed by atoms with Crippen molar-refractivity contribution in [1.82, 2.24) is 0 Å². The number of carbonyl (C=O) groups is 1. The summed E-state index contributed by atoms with van der Waals surface area (Å²) in [6.07, 6.45) is 3.09. The number of furan rings is 1. The van der Waals surface area contributed by atoms with Gasteiger partial charge in [0.25, 0.3) is 0 Å². The Morgan fingerprint density at radius 2 is 2.00 bits per heavy atom. The molecule has 0 spiro atoms. The van der Waals surface area contributed by atoms with Crippen molar-refractivity contribution in [1.29, 1.82) is 0 Å². The summed E-state index contributed by atoms with van der Waals surface area (Å²) in [6.45, 7) is 8.42. The molecule has 0 N–H and O–H groups in total. The minimum atomic E-state index is 0.401. The van der Waals surface area contributed by atoms with Gasteiger partial charge >= 0.3 is 0 Å². The summed E-state index contributed by atoms with van der Waals surface area (Å²) in [5.41, 5.74) is 0. The molecule has 0 aliphatic heterocycles. The van der Waals surface area contributed by atoms with Crippen LogP contribution in [0.3, 0.4) is 0 Å². The fourth-order valence-electron chi connectivity index (χ4n) is 1.81. The highest BCUT2D eigenvalue weighted by molar-refractivity contribution is 5.71. The van der Waals surface area contributed by atoms with Crippen molar-refractivity contribution in [3.8, 4) is 0 Å². The lowest BCUT2D eigenvalue weighted by atomic mass is 10.0. The van der Waals surface area contributed by atoms with Gasteiger partial charge in [0.1, 0.15) is 0 Å². The monoisotopic (exact) mass is 223 g/mol. The molecule has 0 amide bonds. The Hall–Kier alpha value is -1.25. The Kier molecular flexibility index (Phi) is 5.09. The SMILES string of the molecule is CCC(CC)CN(CC)c1ccc(C=O)o1. The fourth-order valence-corrected chi connectivity index (χ4v) is 1.81. The number of nitrogens with zero attached hydrogens (tertiary/aromatic N) is 1. The van der Waals surface area contributed by atoms with Gasteiger partial charge in [0.05, 0.1) is 0 Å². The van der Waals surface area contributed by atoms with E-state index < -0.39 is 0 Å². The van der Waals surface area contributed by atoms with Crippen LogP contribution in [-0.4, -0.2) is 19.4 Å². The summed E-state index contributed by atoms with van der Waals surface area (Å²) in [4.78, 5) is 12.7. The second-order valence-corrected chi connectivity index (χ2v) is 4.02. The normalized spacial score (nSPS) is 10.8. The van der Waals surface area contributed by atoms with Crippen LogP contribution in [0, 0.1) is 5.92 Å². The molecule has 0 saturated carbocycles. The molecule has 1 heterocycles. The van der Waals surface area contributed by atoms with E-state index in [2.05, 4.69) is 25.7 Å². The Labute approximate surface area is 97.4 Å². The summed E-state index contributed by atoms with van der Waals surface area (Å²) in [7, 11) is 0. The lowest BCUT2D eigenvalue weighted by Gasteiger charge is -2.24. The fraction of sp³-hybridized carbons (Fsp3) is 0.615. The van der Waals surface area contributed by atoms with E-state index in [9.17, 15) is 4.79 Å². The molecule has 1 aromatic heterocycles. The van der Waals surface area contributed by atoms with E-state index in [1.165, 1.54) is 12.8 Å². The van der Waals surface area contributed by atoms with Gasteiger partial charge in [-0.05, 0) is 18.9 Å². The predicted octanol–water partition coefficient (Wildman–Crippen LogP) is 3.35. The number of hydrogen-bond donors (Lipinski definition) is 0. The maximum absolute atomic E-state index is 10.6. The largest absolute Gasteiger partial charge is 0.438 e. The van der Waals surface area contributed by atoms with Gasteiger partial charge in [0, 0.05) is 19.2 Å². The van der Waals surface area contributed by atoms with Crippen molar-refractivity contribution in [2.45, 2.75) is 33.6 Å². The quantitative estimate of drug-likeness (QED) is 0.665. The van der Waals surface area contributed by atoms with Crippen molar-refractivity contribution in [2.75, 3.05) is 18.0 Å². The zero-order valence-corrected chi connectivity index (χ0v) is 10.4. The molecule has 0 aromatic carbocycles. The average molecular weight is 223 g/mol. The number of rotatable bonds is 7. The molecule has 1 rings (SSSR count). The Bertz CT molecular complexity index is 315. The molecule has 0 fully saturated rings. The molecule has 3 nitrogen and oxygen atoms in total. The zero-order chi connectivity index (χ0) is 12.0. The minimum Gasteiger partial charge on any atom is -0.438 e. The summed E-state index contributed by atoms with van der Waals surface area (Å²) in [5, 5.41) is 0. The van der Waals surface area contributed by atoms with Crippen LogP contribution >= 0.6 is 0 Å². The van der Waals surface area contributed by atoms with E-state index in [-0.39, 0.29) is 0 Å². The molecule has 0 unspecified atom stereocenters. The van der Waals surface area contributed by atoms with Gasteiger partial charge in [-0.15, -0.1) is 0 Å². The third kappa shape index (κ3) is 3.12. The number of aldehydes is 1. The van der Waals surface area contributed by atoms with Crippen LogP contribution < -0.4 is 4.90 Å². The first-order chi connectivity index (χ1) is 7.74. The van der Waals surface area contributed by atoms with Gasteiger partial charge in [0.2, 0.25) is 0 Å². The van der Waals surface area contributed by atoms with Crippen LogP contribution in [0.1, 0.15) is 44.2 Å². The molecule has 0 atom stereocenters. The topological polar surface area (TPSA) is 33.5 Å². The van der Waals surface area contributed by atoms with Crippen molar-refractivity contribution in [3.63, 3.8) is 0 Å². The smallest absolute Gasteiger partial charge is 0.196 e. The molecule has 0 bridgehead atoms. The van der Waals surface area contributed by atoms with Gasteiger partial charge in [-0.3, -0.25) is 4.79 Å². The molecule has 90 valence electrons. The van der Waals surface area contributed by atoms with E-state index in [1.54, 1.807) is 6.07 Å². The third-order valence-corrected chi connectivity index (χ3v) is 3.06. The Balaban J connectivity index is 2.69. The molecule has 1 aromatic rings. The lowest BCUT2D eigenvalue weighted by molar-refractivity contribution is 0.110. The lowest BCUT2D eigenvalue weighted by Crippen LogP contribution is -2.28. The third-order valence-electron chi connectivity index (χ3n) is 3.06. The van der Waals surface area contributed by atoms with Crippen molar-refractivity contribution in [2.24, 2.45) is 5.92 Å². The molecule has 0 radical (unpaired) electrons. The second kappa shape index (κ2) is 6.36. The molecular weight excluding hydrogens is 202 g/mol. The molecule has 3 heteroatoms. The van der Waals surface area contributed by atoms with E-state index in [0.717, 1.165) is 25.3 Å². The van der Waals surface area contributed by atoms with Crippen LogP contribution in [0.2, 0.25) is 0 Å². The van der Waals surface area contributed by atoms with Gasteiger partial charge < -0.3 is 9.32 Å². The predicted molar refractivity (Wildman–Crippen MR) is 66.1 cm³/mol. The van der Waals surface area contributed by atoms with Crippen LogP contribution in [0.5, 0.6) is 0 Å². The summed E-state index contributed by atoms with van der Waals surface area (Å²) in [6, 6.07) is 3.59. The van der Waals surface area contributed by atoms with Gasteiger partial charge in [-0.25, -0.2) is 0 Å². The number of anilines is 1. The highest BCUT2D eigenvalue weighted by Crippen LogP contribution is 2.20. The van der Waals surface area contributed by atoms with Crippen molar-refractivity contribution < 1.29 is 9.21 Å². The minimum absolute atomic E-state index is 0.401. The van der Waals surface area contributed by atoms with E-state index in [4.69, 9.17) is 4.42 Å². The maximum atomic E-state index is 10.6. The van der Waals surface area contributed by atoms with Crippen LogP contribution in [0.15, 0.2) is 16.5 Å². The maximum Gasteiger partial charge on any atom is 0.196 e. The summed E-state index contributed by atoms with van der Waals surface area (Å²) in [5.74, 6) is 1.89. The van der Waals surface area contributed by atoms with Crippen molar-refractivity contribution >= 4 is 12.2 Å². The van der Waals surface area contributed by atoms with Gasteiger partial charge in [0.15, 0.2) is 17.9 Å². The zero-order valence-electron chi connectivity index (χ0n) is 10.4. The number of hydrogen-bond acceptors (Lipinski definition) is 3. The Morgan fingerprint density at radius 1 is 1.31 bits per heavy atom. The average Bonchev–Trinajstić information content (AvgIpc) is 2.79. The van der Waals surface area contributed by atoms with Crippen LogP contribution in [-0.2, 0) is 0 Å².